The van der Waals surface area contributed by atoms with E-state index in [2.05, 4.69) is 35.0 Å². The van der Waals surface area contributed by atoms with Gasteiger partial charge in [-0.3, -0.25) is 4.68 Å². The summed E-state index contributed by atoms with van der Waals surface area (Å²) in [5.74, 6) is 0. The van der Waals surface area contributed by atoms with Crippen LogP contribution in [-0.4, -0.2) is 16.3 Å². The van der Waals surface area contributed by atoms with Crippen LogP contribution in [-0.2, 0) is 13.1 Å². The number of hydrogen-bond acceptors (Lipinski definition) is 2. The van der Waals surface area contributed by atoms with Gasteiger partial charge in [0.2, 0.25) is 0 Å². The van der Waals surface area contributed by atoms with Gasteiger partial charge in [0.05, 0.1) is 5.69 Å². The highest BCUT2D eigenvalue weighted by Gasteiger charge is 2.00. The molecule has 1 heterocycles. The number of aromatic nitrogens is 2. The lowest BCUT2D eigenvalue weighted by Crippen LogP contribution is -2.17. The van der Waals surface area contributed by atoms with Crippen LogP contribution in [0.15, 0.2) is 12.3 Å². The first-order valence-electron chi connectivity index (χ1n) is 5.59. The van der Waals surface area contributed by atoms with Crippen LogP contribution in [0.5, 0.6) is 0 Å². The van der Waals surface area contributed by atoms with E-state index >= 15 is 0 Å². The Morgan fingerprint density at radius 1 is 1.36 bits per heavy atom. The molecule has 3 nitrogen and oxygen atoms in total. The third kappa shape index (κ3) is 3.50. The number of nitrogens with zero attached hydrogens (tertiary/aromatic N) is 2. The molecular weight excluding hydrogens is 174 g/mol. The molecule has 0 aliphatic heterocycles. The summed E-state index contributed by atoms with van der Waals surface area (Å²) in [6.45, 7) is 7.46. The summed E-state index contributed by atoms with van der Waals surface area (Å²) in [5.41, 5.74) is 1.30. The van der Waals surface area contributed by atoms with Gasteiger partial charge in [-0.2, -0.15) is 5.10 Å². The molecule has 1 rings (SSSR count). The normalized spacial score (nSPS) is 10.7. The van der Waals surface area contributed by atoms with Gasteiger partial charge in [0.25, 0.3) is 0 Å². The maximum absolute atomic E-state index is 4.31. The minimum atomic E-state index is 0.942. The van der Waals surface area contributed by atoms with E-state index in [0.717, 1.165) is 19.6 Å². The molecule has 0 amide bonds. The standard InChI is InChI=1S/C11H21N3/c1-3-5-9-14-11(6-8-13-14)10-12-7-4-2/h6,8,12H,3-5,7,9-10H2,1-2H3. The number of rotatable bonds is 7. The largest absolute Gasteiger partial charge is 0.311 e. The molecule has 14 heavy (non-hydrogen) atoms. The highest BCUT2D eigenvalue weighted by Crippen LogP contribution is 2.01. The monoisotopic (exact) mass is 195 g/mol. The average molecular weight is 195 g/mol. The third-order valence-corrected chi connectivity index (χ3v) is 2.26. The molecule has 80 valence electrons. The summed E-state index contributed by atoms with van der Waals surface area (Å²) >= 11 is 0. The van der Waals surface area contributed by atoms with E-state index in [1.165, 1.54) is 25.0 Å². The predicted molar refractivity (Wildman–Crippen MR) is 59.1 cm³/mol. The number of unbranched alkanes of at least 4 members (excludes halogenated alkanes) is 1. The molecule has 0 fully saturated rings. The minimum absolute atomic E-state index is 0.942. The highest BCUT2D eigenvalue weighted by atomic mass is 15.3. The van der Waals surface area contributed by atoms with Crippen molar-refractivity contribution >= 4 is 0 Å². The number of nitrogens with one attached hydrogen (secondary N) is 1. The van der Waals surface area contributed by atoms with Crippen LogP contribution < -0.4 is 5.32 Å². The Balaban J connectivity index is 2.37. The summed E-state index contributed by atoms with van der Waals surface area (Å²) in [6, 6.07) is 2.10. The predicted octanol–water partition coefficient (Wildman–Crippen LogP) is 2.18. The summed E-state index contributed by atoms with van der Waals surface area (Å²) in [7, 11) is 0. The second kappa shape index (κ2) is 6.60. The molecule has 3 heteroatoms. The minimum Gasteiger partial charge on any atom is -0.311 e. The topological polar surface area (TPSA) is 29.9 Å². The van der Waals surface area contributed by atoms with Crippen LogP contribution in [0.25, 0.3) is 0 Å². The van der Waals surface area contributed by atoms with E-state index in [9.17, 15) is 0 Å². The van der Waals surface area contributed by atoms with Gasteiger partial charge in [-0.1, -0.05) is 20.3 Å². The van der Waals surface area contributed by atoms with Gasteiger partial charge >= 0.3 is 0 Å². The van der Waals surface area contributed by atoms with Crippen LogP contribution in [0.3, 0.4) is 0 Å². The Morgan fingerprint density at radius 2 is 2.21 bits per heavy atom. The molecule has 0 radical (unpaired) electrons. The highest BCUT2D eigenvalue weighted by molar-refractivity contribution is 4.99. The van der Waals surface area contributed by atoms with Gasteiger partial charge in [0.1, 0.15) is 0 Å². The average Bonchev–Trinajstić information content (AvgIpc) is 2.63. The van der Waals surface area contributed by atoms with E-state index in [4.69, 9.17) is 0 Å². The maximum atomic E-state index is 4.31. The Morgan fingerprint density at radius 3 is 2.93 bits per heavy atom. The van der Waals surface area contributed by atoms with Crippen molar-refractivity contribution in [2.45, 2.75) is 46.2 Å². The summed E-state index contributed by atoms with van der Waals surface area (Å²) in [6.07, 6.45) is 5.51. The zero-order chi connectivity index (χ0) is 10.2. The van der Waals surface area contributed by atoms with Crippen molar-refractivity contribution in [2.75, 3.05) is 6.54 Å². The third-order valence-electron chi connectivity index (χ3n) is 2.26. The van der Waals surface area contributed by atoms with Crippen molar-refractivity contribution in [1.29, 1.82) is 0 Å². The van der Waals surface area contributed by atoms with E-state index in [0.29, 0.717) is 0 Å². The SMILES string of the molecule is CCCCn1nccc1CNCCC. The van der Waals surface area contributed by atoms with E-state index in [1.807, 2.05) is 6.20 Å². The molecular formula is C11H21N3. The quantitative estimate of drug-likeness (QED) is 0.676. The number of hydrogen-bond donors (Lipinski definition) is 1. The second-order valence-electron chi connectivity index (χ2n) is 3.58. The van der Waals surface area contributed by atoms with Crippen molar-refractivity contribution in [1.82, 2.24) is 15.1 Å². The Bertz CT molecular complexity index is 242. The zero-order valence-corrected chi connectivity index (χ0v) is 9.29. The zero-order valence-electron chi connectivity index (χ0n) is 9.29. The van der Waals surface area contributed by atoms with Gasteiger partial charge in [-0.15, -0.1) is 0 Å². The van der Waals surface area contributed by atoms with Crippen molar-refractivity contribution in [3.05, 3.63) is 18.0 Å². The maximum Gasteiger partial charge on any atom is 0.0522 e. The fraction of sp³-hybridized carbons (Fsp3) is 0.727. The summed E-state index contributed by atoms with van der Waals surface area (Å²) in [5, 5.41) is 7.70. The van der Waals surface area contributed by atoms with E-state index < -0.39 is 0 Å². The molecule has 0 atom stereocenters. The molecule has 0 aromatic carbocycles. The molecule has 1 aromatic rings. The van der Waals surface area contributed by atoms with Gasteiger partial charge in [0.15, 0.2) is 0 Å². The lowest BCUT2D eigenvalue weighted by molar-refractivity contribution is 0.530. The lowest BCUT2D eigenvalue weighted by Gasteiger charge is -2.07. The first-order chi connectivity index (χ1) is 6.88. The molecule has 0 bridgehead atoms. The van der Waals surface area contributed by atoms with Crippen molar-refractivity contribution in [3.63, 3.8) is 0 Å². The molecule has 0 aliphatic rings. The first-order valence-corrected chi connectivity index (χ1v) is 5.59. The summed E-state index contributed by atoms with van der Waals surface area (Å²) < 4.78 is 2.10. The second-order valence-corrected chi connectivity index (χ2v) is 3.58. The van der Waals surface area contributed by atoms with Crippen molar-refractivity contribution < 1.29 is 0 Å². The Hall–Kier alpha value is -0.830. The Labute approximate surface area is 86.5 Å². The molecule has 0 saturated carbocycles. The first kappa shape index (κ1) is 11.2. The van der Waals surface area contributed by atoms with Crippen LogP contribution in [0, 0.1) is 0 Å². The molecule has 1 aromatic heterocycles. The van der Waals surface area contributed by atoms with E-state index in [1.54, 1.807) is 0 Å². The van der Waals surface area contributed by atoms with E-state index in [-0.39, 0.29) is 0 Å². The fourth-order valence-corrected chi connectivity index (χ4v) is 1.41. The lowest BCUT2D eigenvalue weighted by atomic mass is 10.3. The molecule has 0 unspecified atom stereocenters. The van der Waals surface area contributed by atoms with Crippen LogP contribution >= 0.6 is 0 Å². The fourth-order valence-electron chi connectivity index (χ4n) is 1.41. The summed E-state index contributed by atoms with van der Waals surface area (Å²) in [4.78, 5) is 0. The van der Waals surface area contributed by atoms with Crippen molar-refractivity contribution in [3.8, 4) is 0 Å². The van der Waals surface area contributed by atoms with Crippen molar-refractivity contribution in [2.24, 2.45) is 0 Å². The van der Waals surface area contributed by atoms with Crippen LogP contribution in [0.4, 0.5) is 0 Å². The number of aryl methyl sites for hydroxylation is 1. The van der Waals surface area contributed by atoms with Gasteiger partial charge in [-0.25, -0.2) is 0 Å². The Kier molecular flexibility index (Phi) is 5.30. The van der Waals surface area contributed by atoms with Gasteiger partial charge < -0.3 is 5.32 Å². The van der Waals surface area contributed by atoms with Crippen LogP contribution in [0.1, 0.15) is 38.8 Å². The molecule has 0 saturated heterocycles. The molecule has 0 aliphatic carbocycles. The van der Waals surface area contributed by atoms with Gasteiger partial charge in [-0.05, 0) is 25.5 Å². The van der Waals surface area contributed by atoms with Gasteiger partial charge in [0, 0.05) is 19.3 Å². The molecule has 1 N–H and O–H groups in total. The van der Waals surface area contributed by atoms with Crippen LogP contribution in [0.2, 0.25) is 0 Å². The smallest absolute Gasteiger partial charge is 0.0522 e. The molecule has 0 spiro atoms.